The fourth-order valence-corrected chi connectivity index (χ4v) is 4.20. The van der Waals surface area contributed by atoms with Gasteiger partial charge in [-0.3, -0.25) is 0 Å². The summed E-state index contributed by atoms with van der Waals surface area (Å²) in [6.07, 6.45) is -5.56. The molecule has 0 aromatic heterocycles. The number of carbonyl (C=O) groups excluding carboxylic acids is 1. The Hall–Kier alpha value is -0.527. The molecule has 29 heavy (non-hydrogen) atoms. The van der Waals surface area contributed by atoms with E-state index in [9.17, 15) is 18.0 Å². The summed E-state index contributed by atoms with van der Waals surface area (Å²) in [6, 6.07) is 4.54. The zero-order valence-corrected chi connectivity index (χ0v) is 20.0. The number of carbonyl (C=O) groups is 1. The van der Waals surface area contributed by atoms with Crippen LogP contribution >= 0.6 is 19.4 Å². The van der Waals surface area contributed by atoms with E-state index < -0.39 is 31.9 Å². The maximum absolute atomic E-state index is 12.3. The van der Waals surface area contributed by atoms with Gasteiger partial charge in [0.25, 0.3) is 0 Å². The topological polar surface area (TPSA) is 26.3 Å². The summed E-state index contributed by atoms with van der Waals surface area (Å²) in [7, 11) is 19.7. The van der Waals surface area contributed by atoms with Crippen molar-refractivity contribution in [2.45, 2.75) is 32.5 Å². The number of likely N-dealkylation sites (N-methyl/N-ethyl adjacent to an activating group) is 2. The van der Waals surface area contributed by atoms with E-state index >= 15 is 0 Å². The second-order valence-electron chi connectivity index (χ2n) is 6.83. The predicted molar refractivity (Wildman–Crippen MR) is 109 cm³/mol. The van der Waals surface area contributed by atoms with Crippen LogP contribution in [-0.4, -0.2) is 59.7 Å². The number of ketones is 1. The fraction of sp³-hybridized carbons (Fsp3) is 0.474. The number of halogens is 5. The molecule has 0 amide bonds. The van der Waals surface area contributed by atoms with Gasteiger partial charge in [0.15, 0.2) is 0 Å². The quantitative estimate of drug-likeness (QED) is 0.301. The van der Waals surface area contributed by atoms with Crippen molar-refractivity contribution in [3.8, 4) is 5.75 Å². The number of Topliss-reactive ketones (excluding diaryl/α,β-unsaturated/α-hetero) is 1. The summed E-state index contributed by atoms with van der Waals surface area (Å²) >= 11 is -2.18. The standard InChI is InChI=1S/C14H15F3O2.C5H11N2.2ClH.Ru/c1-9(2)19(4)12-6-5-11(7-10(12)3)8-13(18)14(15,16)17;1-6-3-4-7(2)5-6;;;/h3,5-7,9H,4,8H2,1-2H3;5H,3-4H2,1-2H3;2*1H;/q;-1;;;+2/p-2. The molecule has 1 aromatic carbocycles. The first-order chi connectivity index (χ1) is 13.3. The third-order valence-electron chi connectivity index (χ3n) is 3.99. The Morgan fingerprint density at radius 1 is 1.31 bits per heavy atom. The third-order valence-corrected chi connectivity index (χ3v) is 5.83. The van der Waals surface area contributed by atoms with Crippen LogP contribution in [0.1, 0.15) is 25.0 Å². The van der Waals surface area contributed by atoms with E-state index in [0.29, 0.717) is 11.3 Å². The van der Waals surface area contributed by atoms with Crippen molar-refractivity contribution in [3.63, 3.8) is 0 Å². The van der Waals surface area contributed by atoms with Crippen molar-refractivity contribution in [2.75, 3.05) is 27.2 Å². The van der Waals surface area contributed by atoms with Crippen LogP contribution in [0.5, 0.6) is 5.75 Å². The molecule has 0 unspecified atom stereocenters. The predicted octanol–water partition coefficient (Wildman–Crippen LogP) is 4.89. The van der Waals surface area contributed by atoms with Gasteiger partial charge < -0.3 is 9.80 Å². The molecule has 1 aliphatic heterocycles. The molecule has 0 spiro atoms. The number of hydrogen-bond donors (Lipinski definition) is 0. The zero-order valence-electron chi connectivity index (χ0n) is 16.7. The summed E-state index contributed by atoms with van der Waals surface area (Å²) in [5.41, 5.74) is 0.809. The molecule has 168 valence electrons. The van der Waals surface area contributed by atoms with Crippen molar-refractivity contribution in [1.82, 2.24) is 9.80 Å². The van der Waals surface area contributed by atoms with Crippen LogP contribution in [0.2, 0.25) is 0 Å². The van der Waals surface area contributed by atoms with Gasteiger partial charge in [-0.05, 0) is 27.2 Å². The van der Waals surface area contributed by atoms with Crippen LogP contribution in [0.15, 0.2) is 18.2 Å². The number of nitrogens with zero attached hydrogens (tertiary/aromatic N) is 2. The summed E-state index contributed by atoms with van der Waals surface area (Å²) < 4.78 is 41.2. The van der Waals surface area contributed by atoms with E-state index in [1.54, 1.807) is 10.7 Å². The van der Waals surface area contributed by atoms with Gasteiger partial charge in [0.1, 0.15) is 0 Å². The van der Waals surface area contributed by atoms with Crippen LogP contribution in [0, 0.1) is 13.8 Å². The SMILES string of the molecule is CN1[CH-]N(C)CC1.[CH2-][O+](c1ccc(CC(=O)C(F)(F)F)cc1[CH]=[Ru]([Cl])[Cl])C(C)C. The van der Waals surface area contributed by atoms with E-state index in [1.807, 2.05) is 13.8 Å². The van der Waals surface area contributed by atoms with Crippen LogP contribution in [0.4, 0.5) is 13.2 Å². The molecule has 4 nitrogen and oxygen atoms in total. The average Bonchev–Trinajstić information content (AvgIpc) is 2.96. The Labute approximate surface area is 183 Å². The summed E-state index contributed by atoms with van der Waals surface area (Å²) in [4.78, 5) is 15.4. The molecule has 2 rings (SSSR count). The van der Waals surface area contributed by atoms with Gasteiger partial charge in [-0.15, -0.1) is 0 Å². The Morgan fingerprint density at radius 2 is 1.86 bits per heavy atom. The van der Waals surface area contributed by atoms with E-state index in [1.165, 1.54) is 25.2 Å². The Bertz CT molecular complexity index is 718. The van der Waals surface area contributed by atoms with Gasteiger partial charge in [-0.25, -0.2) is 6.67 Å². The van der Waals surface area contributed by atoms with Crippen molar-refractivity contribution < 1.29 is 35.9 Å². The van der Waals surface area contributed by atoms with Crippen LogP contribution < -0.4 is 0 Å². The first-order valence-corrected chi connectivity index (χ1v) is 14.1. The average molecular weight is 543 g/mol. The van der Waals surface area contributed by atoms with Crippen molar-refractivity contribution in [1.29, 1.82) is 0 Å². The van der Waals surface area contributed by atoms with E-state index in [0.717, 1.165) is 0 Å². The molecule has 1 aromatic rings. The van der Waals surface area contributed by atoms with E-state index in [2.05, 4.69) is 42.0 Å². The molecule has 1 aliphatic rings. The van der Waals surface area contributed by atoms with Gasteiger partial charge in [0, 0.05) is 0 Å². The van der Waals surface area contributed by atoms with Gasteiger partial charge in [0.2, 0.25) is 0 Å². The van der Waals surface area contributed by atoms with Crippen LogP contribution in [-0.2, 0) is 29.1 Å². The number of hydrogen-bond acceptors (Lipinski definition) is 3. The van der Waals surface area contributed by atoms with Crippen LogP contribution in [0.25, 0.3) is 0 Å². The fourth-order valence-electron chi connectivity index (χ4n) is 2.42. The number of benzene rings is 1. The van der Waals surface area contributed by atoms with Crippen molar-refractivity contribution in [2.24, 2.45) is 0 Å². The summed E-state index contributed by atoms with van der Waals surface area (Å²) in [6.45, 7) is 8.24. The molecule has 0 radical (unpaired) electrons. The normalized spacial score (nSPS) is 15.8. The molecule has 0 bridgehead atoms. The van der Waals surface area contributed by atoms with Crippen molar-refractivity contribution >= 4 is 29.8 Å². The molecule has 10 heteroatoms. The second kappa shape index (κ2) is 11.8. The van der Waals surface area contributed by atoms with Gasteiger partial charge in [0.05, 0.1) is 0 Å². The molecular formula is C19H26Cl2F3N2O2Ru-. The summed E-state index contributed by atoms with van der Waals surface area (Å²) in [5, 5.41) is 0. The number of rotatable bonds is 5. The Balaban J connectivity index is 0.000000502. The Kier molecular flexibility index (Phi) is 10.7. The minimum atomic E-state index is -4.84. The minimum absolute atomic E-state index is 0.00103. The molecule has 0 atom stereocenters. The molecule has 1 saturated heterocycles. The molecule has 1 heterocycles. The van der Waals surface area contributed by atoms with Gasteiger partial charge >= 0.3 is 140 Å². The molecule has 0 saturated carbocycles. The molecule has 0 N–H and O–H groups in total. The van der Waals surface area contributed by atoms with E-state index in [4.69, 9.17) is 19.4 Å². The maximum atomic E-state index is 12.3. The molecule has 0 aliphatic carbocycles. The zero-order chi connectivity index (χ0) is 22.4. The third kappa shape index (κ3) is 9.43. The van der Waals surface area contributed by atoms with Crippen LogP contribution in [0.3, 0.4) is 0 Å². The second-order valence-corrected chi connectivity index (χ2v) is 12.6. The first kappa shape index (κ1) is 26.5. The first-order valence-electron chi connectivity index (χ1n) is 8.65. The van der Waals surface area contributed by atoms with Gasteiger partial charge in [-0.1, -0.05) is 0 Å². The Morgan fingerprint density at radius 3 is 2.24 bits per heavy atom. The van der Waals surface area contributed by atoms with E-state index in [-0.39, 0.29) is 11.7 Å². The van der Waals surface area contributed by atoms with Gasteiger partial charge in [-0.2, -0.15) is 0 Å². The summed E-state index contributed by atoms with van der Waals surface area (Å²) in [5.74, 6) is -1.17. The monoisotopic (exact) mass is 543 g/mol. The molecule has 1 fully saturated rings. The van der Waals surface area contributed by atoms with Crippen molar-refractivity contribution in [3.05, 3.63) is 43.1 Å². The number of alkyl halides is 3. The molecular weight excluding hydrogens is 517 g/mol.